The molecule has 0 aliphatic carbocycles. The van der Waals surface area contributed by atoms with Gasteiger partial charge in [0.2, 0.25) is 0 Å². The summed E-state index contributed by atoms with van der Waals surface area (Å²) in [6.45, 7) is 5.34. The summed E-state index contributed by atoms with van der Waals surface area (Å²) in [6.07, 6.45) is -0.802. The van der Waals surface area contributed by atoms with E-state index < -0.39 is 12.1 Å². The number of benzene rings is 3. The number of rotatable bonds is 9. The minimum absolute atomic E-state index is 0.0501. The van der Waals surface area contributed by atoms with Crippen molar-refractivity contribution in [2.45, 2.75) is 39.1 Å². The summed E-state index contributed by atoms with van der Waals surface area (Å²) < 4.78 is 0. The van der Waals surface area contributed by atoms with E-state index in [1.165, 1.54) is 16.7 Å². The minimum atomic E-state index is -0.802. The summed E-state index contributed by atoms with van der Waals surface area (Å²) in [5.74, 6) is 5.94. The molecule has 3 aromatic rings. The monoisotopic (exact) mass is 457 g/mol. The van der Waals surface area contributed by atoms with Crippen molar-refractivity contribution in [2.24, 2.45) is 0 Å². The predicted molar refractivity (Wildman–Crippen MR) is 133 cm³/mol. The van der Waals surface area contributed by atoms with Gasteiger partial charge in [0.25, 0.3) is 5.91 Å². The molecule has 0 heterocycles. The summed E-state index contributed by atoms with van der Waals surface area (Å²) in [6, 6.07) is 22.9. The molecule has 0 saturated carbocycles. The third-order valence-electron chi connectivity index (χ3n) is 5.57. The van der Waals surface area contributed by atoms with Crippen molar-refractivity contribution in [1.82, 2.24) is 16.1 Å². The van der Waals surface area contributed by atoms with Gasteiger partial charge in [-0.15, -0.1) is 0 Å². The number of hydroxylamine groups is 1. The lowest BCUT2D eigenvalue weighted by molar-refractivity contribution is 0.0767. The molecule has 3 rings (SSSR count). The summed E-state index contributed by atoms with van der Waals surface area (Å²) in [5.41, 5.74) is 7.93. The van der Waals surface area contributed by atoms with E-state index in [4.69, 9.17) is 5.21 Å². The van der Waals surface area contributed by atoms with Crippen LogP contribution in [-0.2, 0) is 13.1 Å². The predicted octanol–water partition coefficient (Wildman–Crippen LogP) is 3.14. The highest BCUT2D eigenvalue weighted by Crippen LogP contribution is 2.09. The molecule has 0 aliphatic heterocycles. The first-order chi connectivity index (χ1) is 16.5. The maximum Gasteiger partial charge on any atom is 0.251 e. The number of hydrogen-bond donors (Lipinski definition) is 5. The van der Waals surface area contributed by atoms with Gasteiger partial charge in [-0.05, 0) is 66.9 Å². The molecule has 1 amide bonds. The Balaban J connectivity index is 1.53. The number of carbonyl (C=O) groups excluding carboxylic acids is 1. The van der Waals surface area contributed by atoms with Crippen molar-refractivity contribution in [1.29, 1.82) is 0 Å². The number of aryl methyl sites for hydroxylation is 1. The Kier molecular flexibility index (Phi) is 9.39. The Morgan fingerprint density at radius 2 is 1.53 bits per heavy atom. The number of amides is 1. The number of hydrogen-bond acceptors (Lipinski definition) is 5. The summed E-state index contributed by atoms with van der Waals surface area (Å²) in [7, 11) is 0. The van der Waals surface area contributed by atoms with Crippen molar-refractivity contribution < 1.29 is 15.1 Å². The van der Waals surface area contributed by atoms with Gasteiger partial charge < -0.3 is 20.9 Å². The molecule has 6 nitrogen and oxygen atoms in total. The van der Waals surface area contributed by atoms with Gasteiger partial charge in [0.15, 0.2) is 0 Å². The Bertz CT molecular complexity index is 1130. The molecule has 0 radical (unpaired) electrons. The van der Waals surface area contributed by atoms with Crippen molar-refractivity contribution in [3.05, 3.63) is 106 Å². The maximum absolute atomic E-state index is 12.4. The fraction of sp³-hybridized carbons (Fsp3) is 0.250. The van der Waals surface area contributed by atoms with Crippen LogP contribution in [0, 0.1) is 18.8 Å². The highest BCUT2D eigenvalue weighted by atomic mass is 16.5. The zero-order valence-corrected chi connectivity index (χ0v) is 19.5. The van der Waals surface area contributed by atoms with Crippen molar-refractivity contribution in [3.8, 4) is 11.8 Å². The van der Waals surface area contributed by atoms with Gasteiger partial charge in [-0.1, -0.05) is 48.2 Å². The Morgan fingerprint density at radius 3 is 2.12 bits per heavy atom. The van der Waals surface area contributed by atoms with E-state index in [1.54, 1.807) is 31.2 Å². The number of carbonyl (C=O) groups is 1. The minimum Gasteiger partial charge on any atom is -0.391 e. The van der Waals surface area contributed by atoms with Crippen LogP contribution in [0.3, 0.4) is 0 Å². The van der Waals surface area contributed by atoms with E-state index in [0.717, 1.165) is 24.2 Å². The highest BCUT2D eigenvalue weighted by Gasteiger charge is 2.18. The van der Waals surface area contributed by atoms with Crippen molar-refractivity contribution >= 4 is 5.91 Å². The van der Waals surface area contributed by atoms with E-state index in [1.807, 2.05) is 17.6 Å². The van der Waals surface area contributed by atoms with Gasteiger partial charge >= 0.3 is 0 Å². The fourth-order valence-electron chi connectivity index (χ4n) is 3.40. The van der Waals surface area contributed by atoms with E-state index in [9.17, 15) is 9.90 Å². The van der Waals surface area contributed by atoms with Crippen molar-refractivity contribution in [2.75, 3.05) is 6.54 Å². The average Bonchev–Trinajstić information content (AvgIpc) is 2.84. The van der Waals surface area contributed by atoms with Gasteiger partial charge in [-0.3, -0.25) is 4.79 Å². The van der Waals surface area contributed by atoms with Gasteiger partial charge in [0.1, 0.15) is 0 Å². The van der Waals surface area contributed by atoms with Crippen molar-refractivity contribution in [3.63, 3.8) is 0 Å². The van der Waals surface area contributed by atoms with E-state index in [0.29, 0.717) is 5.56 Å². The molecule has 176 valence electrons. The number of aliphatic hydroxyl groups excluding tert-OH is 1. The zero-order chi connectivity index (χ0) is 24.3. The topological polar surface area (TPSA) is 93.6 Å². The van der Waals surface area contributed by atoms with Crippen LogP contribution < -0.4 is 16.1 Å². The quantitative estimate of drug-likeness (QED) is 0.251. The van der Waals surface area contributed by atoms with Gasteiger partial charge in [-0.2, -0.15) is 0 Å². The van der Waals surface area contributed by atoms with Crippen LogP contribution in [0.4, 0.5) is 0 Å². The third kappa shape index (κ3) is 7.55. The van der Waals surface area contributed by atoms with Gasteiger partial charge in [0.05, 0.1) is 12.1 Å². The van der Waals surface area contributed by atoms with Crippen LogP contribution in [-0.4, -0.2) is 34.9 Å². The number of nitrogens with one attached hydrogen (secondary N) is 3. The third-order valence-corrected chi connectivity index (χ3v) is 5.57. The van der Waals surface area contributed by atoms with Crippen LogP contribution in [0.25, 0.3) is 0 Å². The molecule has 6 heteroatoms. The standard InChI is InChI=1S/C28H31N3O3/c1-20-5-3-4-6-26(20)18-29-17-24-11-9-22(10-12-24)7-8-23-13-15-25(16-14-23)28(33)31-27(19-30-34)21(2)32/h3-6,9-16,21,27,29-30,32,34H,17-19H2,1-2H3,(H,31,33). The van der Waals surface area contributed by atoms with E-state index >= 15 is 0 Å². The molecule has 2 unspecified atom stereocenters. The first-order valence-electron chi connectivity index (χ1n) is 11.3. The van der Waals surface area contributed by atoms with Crippen LogP contribution >= 0.6 is 0 Å². The SMILES string of the molecule is Cc1ccccc1CNCc1ccc(C#Cc2ccc(C(=O)NC(CNO)C(C)O)cc2)cc1. The molecule has 0 saturated heterocycles. The molecule has 0 spiro atoms. The smallest absolute Gasteiger partial charge is 0.251 e. The van der Waals surface area contributed by atoms with Gasteiger partial charge in [-0.25, -0.2) is 5.48 Å². The Hall–Kier alpha value is -3.47. The molecule has 5 N–H and O–H groups in total. The highest BCUT2D eigenvalue weighted by molar-refractivity contribution is 5.94. The molecule has 0 bridgehead atoms. The van der Waals surface area contributed by atoms with Crippen LogP contribution in [0.15, 0.2) is 72.8 Å². The Morgan fingerprint density at radius 1 is 0.912 bits per heavy atom. The normalized spacial score (nSPS) is 12.4. The van der Waals surface area contributed by atoms with Crippen LogP contribution in [0.5, 0.6) is 0 Å². The molecule has 3 aromatic carbocycles. The summed E-state index contributed by atoms with van der Waals surface area (Å²) in [4.78, 5) is 12.4. The second kappa shape index (κ2) is 12.7. The molecule has 0 fully saturated rings. The second-order valence-corrected chi connectivity index (χ2v) is 8.24. The zero-order valence-electron chi connectivity index (χ0n) is 19.5. The number of aliphatic hydroxyl groups is 1. The second-order valence-electron chi connectivity index (χ2n) is 8.24. The first-order valence-corrected chi connectivity index (χ1v) is 11.3. The molecular formula is C28H31N3O3. The maximum atomic E-state index is 12.4. The van der Waals surface area contributed by atoms with E-state index in [2.05, 4.69) is 65.8 Å². The lowest BCUT2D eigenvalue weighted by Crippen LogP contribution is -2.47. The molecular weight excluding hydrogens is 426 g/mol. The Labute approximate surface area is 201 Å². The lowest BCUT2D eigenvalue weighted by atomic mass is 10.1. The lowest BCUT2D eigenvalue weighted by Gasteiger charge is -2.20. The average molecular weight is 458 g/mol. The largest absolute Gasteiger partial charge is 0.391 e. The van der Waals surface area contributed by atoms with Crippen LogP contribution in [0.2, 0.25) is 0 Å². The summed E-state index contributed by atoms with van der Waals surface area (Å²) in [5, 5.41) is 24.7. The molecule has 2 atom stereocenters. The molecule has 34 heavy (non-hydrogen) atoms. The van der Waals surface area contributed by atoms with E-state index in [-0.39, 0.29) is 12.5 Å². The first kappa shape index (κ1) is 25.2. The molecule has 0 aliphatic rings. The van der Waals surface area contributed by atoms with Crippen LogP contribution in [0.1, 0.15) is 45.1 Å². The molecule has 0 aromatic heterocycles. The van der Waals surface area contributed by atoms with Gasteiger partial charge in [0, 0.05) is 36.3 Å². The summed E-state index contributed by atoms with van der Waals surface area (Å²) >= 11 is 0. The fourth-order valence-corrected chi connectivity index (χ4v) is 3.40.